The van der Waals surface area contributed by atoms with E-state index in [0.717, 1.165) is 52.4 Å². The predicted octanol–water partition coefficient (Wildman–Crippen LogP) is 5.16. The topological polar surface area (TPSA) is 234 Å². The number of Topliss-reactive ketones (excluding diaryl/α,β-unsaturated/α-hetero) is 1. The van der Waals surface area contributed by atoms with E-state index in [2.05, 4.69) is 12.2 Å². The molecule has 350 valence electrons. The molecule has 1 amide bonds. The minimum absolute atomic E-state index is 0.000440. The third-order valence-corrected chi connectivity index (χ3v) is 14.2. The first-order valence-electron chi connectivity index (χ1n) is 22.4. The van der Waals surface area contributed by atoms with Gasteiger partial charge in [-0.3, -0.25) is 19.2 Å². The van der Waals surface area contributed by atoms with Gasteiger partial charge in [0.2, 0.25) is 5.91 Å². The van der Waals surface area contributed by atoms with Crippen LogP contribution in [0, 0.1) is 16.7 Å². The van der Waals surface area contributed by atoms with E-state index in [1.54, 1.807) is 32.0 Å². The van der Waals surface area contributed by atoms with Crippen LogP contribution in [0.15, 0.2) is 64.3 Å². The van der Waals surface area contributed by atoms with Crippen molar-refractivity contribution in [1.82, 2.24) is 5.32 Å². The molecule has 0 radical (unpaired) electrons. The van der Waals surface area contributed by atoms with E-state index < -0.39 is 113 Å². The molecule has 16 heteroatoms. The lowest BCUT2D eigenvalue weighted by Crippen LogP contribution is -2.82. The van der Waals surface area contributed by atoms with Gasteiger partial charge in [0.1, 0.15) is 35.7 Å². The average molecular weight is 894 g/mol. The Bertz CT molecular complexity index is 2080. The number of fused-ring (bicyclic) bond motifs is 5. The molecule has 0 spiro atoms. The van der Waals surface area contributed by atoms with Gasteiger partial charge in [0.15, 0.2) is 23.6 Å². The monoisotopic (exact) mass is 893 g/mol. The number of hydrogen-bond donors (Lipinski definition) is 4. The summed E-state index contributed by atoms with van der Waals surface area (Å²) in [6, 6.07) is 9.49. The fraction of sp³-hybridized carbons (Fsp3) is 0.625. The maximum atomic E-state index is 15.5. The number of nitrogens with one attached hydrogen (secondary N) is 1. The third kappa shape index (κ3) is 8.90. The Morgan fingerprint density at radius 2 is 1.58 bits per heavy atom. The molecule has 2 heterocycles. The summed E-state index contributed by atoms with van der Waals surface area (Å²) in [5.41, 5.74) is -7.61. The SMILES string of the molecule is CCCCCCCCCC(=O)NC(c1ccco1)C(O)C(=O)OC1CC2(O)C(OC(=O)c3ccccc3)C3C4(OC(C)=O)COC4CC(O)C3(C)C(=O)C(OC(C)=O)C(=C1C)C2(C)C. The first kappa shape index (κ1) is 48.6. The lowest BCUT2D eigenvalue weighted by atomic mass is 9.44. The molecule has 2 saturated carbocycles. The molecule has 64 heavy (non-hydrogen) atoms. The number of ketones is 1. The number of furan rings is 1. The predicted molar refractivity (Wildman–Crippen MR) is 227 cm³/mol. The summed E-state index contributed by atoms with van der Waals surface area (Å²) in [4.78, 5) is 83.2. The van der Waals surface area contributed by atoms with Crippen LogP contribution in [0.5, 0.6) is 0 Å². The van der Waals surface area contributed by atoms with Crippen LogP contribution in [0.3, 0.4) is 0 Å². The lowest BCUT2D eigenvalue weighted by Gasteiger charge is -2.67. The summed E-state index contributed by atoms with van der Waals surface area (Å²) in [5, 5.41) is 40.1. The quantitative estimate of drug-likeness (QED) is 0.0696. The second-order valence-electron chi connectivity index (χ2n) is 18.6. The molecular weight excluding hydrogens is 831 g/mol. The number of ether oxygens (including phenoxy) is 5. The van der Waals surface area contributed by atoms with Crippen LogP contribution in [0.25, 0.3) is 0 Å². The molecule has 3 fully saturated rings. The van der Waals surface area contributed by atoms with Gasteiger partial charge in [0.25, 0.3) is 0 Å². The molecule has 1 saturated heterocycles. The number of amides is 1. The van der Waals surface area contributed by atoms with Gasteiger partial charge in [-0.15, -0.1) is 0 Å². The van der Waals surface area contributed by atoms with E-state index in [9.17, 15) is 39.3 Å². The number of aliphatic hydroxyl groups excluding tert-OH is 2. The van der Waals surface area contributed by atoms with Crippen molar-refractivity contribution in [3.8, 4) is 0 Å². The van der Waals surface area contributed by atoms with Crippen molar-refractivity contribution in [2.45, 2.75) is 167 Å². The molecule has 2 aromatic rings. The Hall–Kier alpha value is -4.90. The maximum Gasteiger partial charge on any atom is 0.338 e. The first-order chi connectivity index (χ1) is 30.2. The van der Waals surface area contributed by atoms with Crippen molar-refractivity contribution >= 4 is 35.6 Å². The van der Waals surface area contributed by atoms with E-state index in [-0.39, 0.29) is 41.9 Å². The van der Waals surface area contributed by atoms with Gasteiger partial charge in [-0.25, -0.2) is 9.59 Å². The van der Waals surface area contributed by atoms with Crippen LogP contribution in [0.1, 0.15) is 135 Å². The molecule has 1 aliphatic heterocycles. The largest absolute Gasteiger partial charge is 0.467 e. The summed E-state index contributed by atoms with van der Waals surface area (Å²) in [7, 11) is 0. The number of esters is 4. The van der Waals surface area contributed by atoms with Crippen molar-refractivity contribution in [2.75, 3.05) is 6.61 Å². The second kappa shape index (κ2) is 19.3. The Balaban J connectivity index is 1.43. The molecule has 6 rings (SSSR count). The molecular formula is C48H63NO15. The molecule has 1 aromatic carbocycles. The minimum Gasteiger partial charge on any atom is -0.467 e. The molecule has 3 aliphatic carbocycles. The van der Waals surface area contributed by atoms with Crippen LogP contribution in [-0.4, -0.2) is 105 Å². The zero-order valence-electron chi connectivity index (χ0n) is 37.8. The van der Waals surface area contributed by atoms with E-state index in [0.29, 0.717) is 6.42 Å². The molecule has 2 bridgehead atoms. The van der Waals surface area contributed by atoms with E-state index in [1.807, 2.05) is 0 Å². The number of carbonyl (C=O) groups excluding carboxylic acids is 6. The van der Waals surface area contributed by atoms with Crippen molar-refractivity contribution < 1.29 is 72.2 Å². The summed E-state index contributed by atoms with van der Waals surface area (Å²) < 4.78 is 35.8. The van der Waals surface area contributed by atoms with Gasteiger partial charge < -0.3 is 48.7 Å². The number of carbonyl (C=O) groups is 6. The number of unbranched alkanes of at least 4 members (excludes halogenated alkanes) is 6. The van der Waals surface area contributed by atoms with Crippen molar-refractivity contribution in [3.63, 3.8) is 0 Å². The number of hydrogen-bond acceptors (Lipinski definition) is 15. The number of rotatable bonds is 17. The van der Waals surface area contributed by atoms with E-state index in [4.69, 9.17) is 28.1 Å². The third-order valence-electron chi connectivity index (χ3n) is 14.2. The zero-order chi connectivity index (χ0) is 46.8. The molecule has 11 unspecified atom stereocenters. The normalized spacial score (nSPS) is 31.4. The van der Waals surface area contributed by atoms with Gasteiger partial charge in [0, 0.05) is 38.5 Å². The summed E-state index contributed by atoms with van der Waals surface area (Å²) in [6.45, 7) is 10.1. The van der Waals surface area contributed by atoms with Crippen LogP contribution < -0.4 is 5.32 Å². The fourth-order valence-electron chi connectivity index (χ4n) is 10.6. The average Bonchev–Trinajstić information content (AvgIpc) is 3.78. The van der Waals surface area contributed by atoms with Crippen molar-refractivity contribution in [3.05, 3.63) is 71.2 Å². The van der Waals surface area contributed by atoms with E-state index in [1.165, 1.54) is 44.4 Å². The van der Waals surface area contributed by atoms with Crippen LogP contribution in [-0.2, 0) is 47.7 Å². The zero-order valence-corrected chi connectivity index (χ0v) is 37.8. The highest BCUT2D eigenvalue weighted by Gasteiger charge is 2.78. The highest BCUT2D eigenvalue weighted by Crippen LogP contribution is 2.64. The van der Waals surface area contributed by atoms with Gasteiger partial charge in [-0.1, -0.05) is 77.5 Å². The van der Waals surface area contributed by atoms with Gasteiger partial charge in [-0.2, -0.15) is 0 Å². The smallest absolute Gasteiger partial charge is 0.338 e. The van der Waals surface area contributed by atoms with Crippen molar-refractivity contribution in [2.24, 2.45) is 16.7 Å². The van der Waals surface area contributed by atoms with Gasteiger partial charge in [0.05, 0.1) is 35.9 Å². The minimum atomic E-state index is -2.39. The molecule has 1 aromatic heterocycles. The lowest BCUT2D eigenvalue weighted by molar-refractivity contribution is -0.346. The van der Waals surface area contributed by atoms with Gasteiger partial charge in [-0.05, 0) is 55.7 Å². The van der Waals surface area contributed by atoms with Crippen molar-refractivity contribution in [1.29, 1.82) is 0 Å². The fourth-order valence-corrected chi connectivity index (χ4v) is 10.6. The standard InChI is InChI=1S/C48H63NO15/c1-8-9-10-11-12-13-17-22-35(53)49-37(31-21-18-23-59-31)38(54)44(57)62-32-25-48(58)42(63-43(56)30-19-15-14-16-20-30)40-46(7,33(52)24-34-47(40,26-60-34)64-29(4)51)41(55)39(61-28(3)50)36(27(32)2)45(48,5)6/h14-16,18-21,23,32-34,37-40,42,52,54,58H,8-13,17,22,24-26H2,1-7H3,(H,49,53). The van der Waals surface area contributed by atoms with Crippen LogP contribution in [0.2, 0.25) is 0 Å². The molecule has 4 aliphatic rings. The number of aliphatic hydroxyl groups is 3. The Kier molecular flexibility index (Phi) is 14.6. The number of benzene rings is 1. The maximum absolute atomic E-state index is 15.5. The Morgan fingerprint density at radius 1 is 0.906 bits per heavy atom. The second-order valence-corrected chi connectivity index (χ2v) is 18.6. The molecule has 16 nitrogen and oxygen atoms in total. The van der Waals surface area contributed by atoms with E-state index >= 15 is 4.79 Å². The van der Waals surface area contributed by atoms with Gasteiger partial charge >= 0.3 is 23.9 Å². The highest BCUT2D eigenvalue weighted by atomic mass is 16.6. The Morgan fingerprint density at radius 3 is 2.17 bits per heavy atom. The summed E-state index contributed by atoms with van der Waals surface area (Å²) >= 11 is 0. The molecule has 4 N–H and O–H groups in total. The summed E-state index contributed by atoms with van der Waals surface area (Å²) in [6.07, 6.45) is -2.20. The van der Waals surface area contributed by atoms with Crippen LogP contribution >= 0.6 is 0 Å². The first-order valence-corrected chi connectivity index (χ1v) is 22.4. The van der Waals surface area contributed by atoms with Crippen LogP contribution in [0.4, 0.5) is 0 Å². The Labute approximate surface area is 373 Å². The highest BCUT2D eigenvalue weighted by molar-refractivity contribution is 5.95. The summed E-state index contributed by atoms with van der Waals surface area (Å²) in [5.74, 6) is -6.60. The molecule has 11 atom stereocenters.